The number of nitrogens with two attached hydrogens (primary N) is 1. The zero-order chi connectivity index (χ0) is 15.8. The number of carbonyl (C=O) groups is 1. The second kappa shape index (κ2) is 5.51. The minimum atomic E-state index is -3.96. The Kier molecular flexibility index (Phi) is 4.08. The Balaban J connectivity index is 2.46. The third-order valence-electron chi connectivity index (χ3n) is 2.72. The number of hydrogen-bond acceptors (Lipinski definition) is 6. The fraction of sp³-hybridized carbons (Fsp3) is 0.167. The molecule has 3 N–H and O–H groups in total. The predicted molar refractivity (Wildman–Crippen MR) is 74.9 cm³/mol. The minimum Gasteiger partial charge on any atom is -0.478 e. The van der Waals surface area contributed by atoms with Gasteiger partial charge in [-0.05, 0) is 43.8 Å². The van der Waals surface area contributed by atoms with E-state index in [1.54, 1.807) is 13.8 Å². The zero-order valence-corrected chi connectivity index (χ0v) is 12.8. The molecule has 0 radical (unpaired) electrons. The molecule has 1 aromatic carbocycles. The highest BCUT2D eigenvalue weighted by molar-refractivity contribution is 7.99. The first-order valence-electron chi connectivity index (χ1n) is 5.70. The average molecular weight is 328 g/mol. The Morgan fingerprint density at radius 3 is 2.52 bits per heavy atom. The number of hydrogen-bond donors (Lipinski definition) is 2. The summed E-state index contributed by atoms with van der Waals surface area (Å²) in [5.41, 5.74) is 0.524. The minimum absolute atomic E-state index is 0.181. The van der Waals surface area contributed by atoms with Crippen LogP contribution in [0.5, 0.6) is 0 Å². The van der Waals surface area contributed by atoms with Crippen LogP contribution in [0.15, 0.2) is 37.6 Å². The van der Waals surface area contributed by atoms with E-state index in [2.05, 4.69) is 4.98 Å². The number of carboxylic acid groups (broad SMARTS) is 1. The molecule has 0 atom stereocenters. The lowest BCUT2D eigenvalue weighted by molar-refractivity contribution is 0.0693. The lowest BCUT2D eigenvalue weighted by Crippen LogP contribution is -2.13. The highest BCUT2D eigenvalue weighted by Crippen LogP contribution is 2.32. The zero-order valence-electron chi connectivity index (χ0n) is 11.2. The molecule has 9 heteroatoms. The number of carboxylic acids is 1. The molecule has 0 aliphatic rings. The van der Waals surface area contributed by atoms with Crippen molar-refractivity contribution in [1.82, 2.24) is 4.98 Å². The largest absolute Gasteiger partial charge is 0.478 e. The normalized spacial score (nSPS) is 11.6. The molecule has 1 aromatic heterocycles. The van der Waals surface area contributed by atoms with Crippen LogP contribution in [0.4, 0.5) is 0 Å². The molecule has 112 valence electrons. The van der Waals surface area contributed by atoms with Gasteiger partial charge in [0.2, 0.25) is 10.0 Å². The average Bonchev–Trinajstić information content (AvgIpc) is 2.67. The van der Waals surface area contributed by atoms with E-state index in [-0.39, 0.29) is 15.7 Å². The van der Waals surface area contributed by atoms with Crippen molar-refractivity contribution in [2.75, 3.05) is 0 Å². The topological polar surface area (TPSA) is 123 Å². The molecular weight excluding hydrogens is 316 g/mol. The van der Waals surface area contributed by atoms with Gasteiger partial charge in [0.05, 0.1) is 16.2 Å². The summed E-state index contributed by atoms with van der Waals surface area (Å²) < 4.78 is 27.9. The smallest absolute Gasteiger partial charge is 0.336 e. The van der Waals surface area contributed by atoms with Crippen molar-refractivity contribution >= 4 is 27.8 Å². The van der Waals surface area contributed by atoms with Gasteiger partial charge in [0.25, 0.3) is 5.22 Å². The molecule has 0 saturated carbocycles. The van der Waals surface area contributed by atoms with Gasteiger partial charge in [-0.3, -0.25) is 0 Å². The highest BCUT2D eigenvalue weighted by Gasteiger charge is 2.18. The number of aromatic nitrogens is 1. The van der Waals surface area contributed by atoms with E-state index in [0.717, 1.165) is 17.8 Å². The molecule has 0 bridgehead atoms. The lowest BCUT2D eigenvalue weighted by atomic mass is 10.2. The van der Waals surface area contributed by atoms with Crippen molar-refractivity contribution < 1.29 is 22.7 Å². The number of primary sulfonamides is 1. The predicted octanol–water partition coefficient (Wildman–Crippen LogP) is 1.79. The molecule has 0 spiro atoms. The molecule has 0 saturated heterocycles. The van der Waals surface area contributed by atoms with Crippen LogP contribution in [-0.2, 0) is 10.0 Å². The van der Waals surface area contributed by atoms with Gasteiger partial charge < -0.3 is 9.52 Å². The Hall–Kier alpha value is -1.84. The summed E-state index contributed by atoms with van der Waals surface area (Å²) in [6, 6.07) is 3.62. The van der Waals surface area contributed by atoms with Crippen LogP contribution in [0.3, 0.4) is 0 Å². The van der Waals surface area contributed by atoms with Crippen molar-refractivity contribution in [3.8, 4) is 0 Å². The first kappa shape index (κ1) is 15.5. The third-order valence-corrected chi connectivity index (χ3v) is 4.55. The number of rotatable bonds is 4. The fourth-order valence-corrected chi connectivity index (χ4v) is 2.99. The molecule has 0 fully saturated rings. The number of sulfonamides is 1. The van der Waals surface area contributed by atoms with Gasteiger partial charge in [-0.2, -0.15) is 0 Å². The summed E-state index contributed by atoms with van der Waals surface area (Å²) in [4.78, 5) is 15.5. The van der Waals surface area contributed by atoms with Gasteiger partial charge in [-0.15, -0.1) is 0 Å². The Morgan fingerprint density at radius 2 is 2.05 bits per heavy atom. The molecular formula is C12H12N2O5S2. The molecule has 0 amide bonds. The van der Waals surface area contributed by atoms with Gasteiger partial charge in [0, 0.05) is 4.90 Å². The lowest BCUT2D eigenvalue weighted by Gasteiger charge is -2.05. The number of benzene rings is 1. The molecule has 2 aromatic rings. The van der Waals surface area contributed by atoms with Gasteiger partial charge >= 0.3 is 5.97 Å². The maximum absolute atomic E-state index is 11.3. The summed E-state index contributed by atoms with van der Waals surface area (Å²) in [5, 5.41) is 14.5. The van der Waals surface area contributed by atoms with Crippen molar-refractivity contribution in [3.05, 3.63) is 35.2 Å². The van der Waals surface area contributed by atoms with Crippen LogP contribution in [0.2, 0.25) is 0 Å². The summed E-state index contributed by atoms with van der Waals surface area (Å²) in [6.07, 6.45) is 0. The molecule has 7 nitrogen and oxygen atoms in total. The van der Waals surface area contributed by atoms with E-state index in [9.17, 15) is 18.3 Å². The van der Waals surface area contributed by atoms with Gasteiger partial charge in [0.15, 0.2) is 0 Å². The number of aromatic carboxylic acids is 1. The van der Waals surface area contributed by atoms with E-state index < -0.39 is 16.0 Å². The Bertz CT molecular complexity index is 792. The number of oxazole rings is 1. The Labute approximate surface area is 125 Å². The molecule has 0 aliphatic heterocycles. The Morgan fingerprint density at radius 1 is 1.38 bits per heavy atom. The standard InChI is InChI=1S/C12H12N2O5S2/c1-6-7(2)19-12(14-6)20-10-4-3-8(21(13,17)18)5-9(10)11(15)16/h3-5H,1-2H3,(H,15,16)(H2,13,17,18). The van der Waals surface area contributed by atoms with Crippen molar-refractivity contribution in [3.63, 3.8) is 0 Å². The highest BCUT2D eigenvalue weighted by atomic mass is 32.2. The maximum atomic E-state index is 11.3. The third kappa shape index (κ3) is 3.43. The first-order valence-corrected chi connectivity index (χ1v) is 8.07. The summed E-state index contributed by atoms with van der Waals surface area (Å²) in [6.45, 7) is 3.51. The van der Waals surface area contributed by atoms with Gasteiger partial charge in [-0.25, -0.2) is 23.3 Å². The van der Waals surface area contributed by atoms with Gasteiger partial charge in [0.1, 0.15) is 5.76 Å². The second-order valence-electron chi connectivity index (χ2n) is 4.23. The van der Waals surface area contributed by atoms with Crippen LogP contribution < -0.4 is 5.14 Å². The van der Waals surface area contributed by atoms with Crippen LogP contribution >= 0.6 is 11.8 Å². The second-order valence-corrected chi connectivity index (χ2v) is 6.79. The molecule has 2 rings (SSSR count). The summed E-state index contributed by atoms with van der Waals surface area (Å²) in [7, 11) is -3.96. The monoisotopic (exact) mass is 328 g/mol. The van der Waals surface area contributed by atoms with E-state index in [0.29, 0.717) is 16.3 Å². The number of nitrogens with zero attached hydrogens (tertiary/aromatic N) is 1. The summed E-state index contributed by atoms with van der Waals surface area (Å²) >= 11 is 1.00. The summed E-state index contributed by atoms with van der Waals surface area (Å²) in [5.74, 6) is -0.626. The van der Waals surface area contributed by atoms with Crippen molar-refractivity contribution in [2.24, 2.45) is 5.14 Å². The van der Waals surface area contributed by atoms with E-state index in [4.69, 9.17) is 9.56 Å². The van der Waals surface area contributed by atoms with Crippen LogP contribution in [0.25, 0.3) is 0 Å². The van der Waals surface area contributed by atoms with E-state index >= 15 is 0 Å². The van der Waals surface area contributed by atoms with Gasteiger partial charge in [-0.1, -0.05) is 0 Å². The first-order chi connectivity index (χ1) is 9.68. The fourth-order valence-electron chi connectivity index (χ4n) is 1.52. The maximum Gasteiger partial charge on any atom is 0.336 e. The molecule has 0 unspecified atom stereocenters. The SMILES string of the molecule is Cc1nc(Sc2ccc(S(N)(=O)=O)cc2C(=O)O)oc1C. The quantitative estimate of drug-likeness (QED) is 0.876. The molecule has 0 aliphatic carbocycles. The van der Waals surface area contributed by atoms with E-state index in [1.807, 2.05) is 0 Å². The van der Waals surface area contributed by atoms with Crippen LogP contribution in [0.1, 0.15) is 21.8 Å². The van der Waals surface area contributed by atoms with E-state index in [1.165, 1.54) is 12.1 Å². The molecule has 1 heterocycles. The van der Waals surface area contributed by atoms with Crippen molar-refractivity contribution in [2.45, 2.75) is 28.9 Å². The number of aryl methyl sites for hydroxylation is 2. The van der Waals surface area contributed by atoms with Crippen molar-refractivity contribution in [1.29, 1.82) is 0 Å². The van der Waals surface area contributed by atoms with Crippen LogP contribution in [0, 0.1) is 13.8 Å². The van der Waals surface area contributed by atoms with Crippen LogP contribution in [-0.4, -0.2) is 24.5 Å². The molecule has 21 heavy (non-hydrogen) atoms.